The van der Waals surface area contributed by atoms with E-state index in [0.717, 1.165) is 0 Å². The van der Waals surface area contributed by atoms with E-state index < -0.39 is 10.6 Å². The van der Waals surface area contributed by atoms with Crippen LogP contribution in [0.1, 0.15) is 6.92 Å². The van der Waals surface area contributed by atoms with Gasteiger partial charge in [-0.25, -0.2) is 4.98 Å². The molecule has 0 bridgehead atoms. The number of nitrogens with zero attached hydrogens (tertiary/aromatic N) is 3. The van der Waals surface area contributed by atoms with Crippen molar-refractivity contribution in [2.24, 2.45) is 0 Å². The number of hydrogen-bond donors (Lipinski definition) is 0. The van der Waals surface area contributed by atoms with Crippen molar-refractivity contribution in [3.05, 3.63) is 15.3 Å². The summed E-state index contributed by atoms with van der Waals surface area (Å²) in [6.07, 6.45) is 1.74. The molecule has 0 unspecified atom stereocenters. The number of aromatic nitrogens is 2. The van der Waals surface area contributed by atoms with E-state index in [0.29, 0.717) is 5.16 Å². The molecular weight excluding hydrogens is 242 g/mol. The van der Waals surface area contributed by atoms with Crippen LogP contribution in [0, 0.1) is 10.1 Å². The Morgan fingerprint density at radius 1 is 1.60 bits per heavy atom. The van der Waals surface area contributed by atoms with Crippen molar-refractivity contribution in [3.63, 3.8) is 0 Å². The molecule has 0 saturated heterocycles. The van der Waals surface area contributed by atoms with E-state index in [1.165, 1.54) is 11.8 Å². The molecule has 15 heavy (non-hydrogen) atoms. The van der Waals surface area contributed by atoms with E-state index in [2.05, 4.69) is 9.97 Å². The molecule has 0 aromatic carbocycles. The molecule has 1 aromatic rings. The number of rotatable bonds is 4. The van der Waals surface area contributed by atoms with Crippen molar-refractivity contribution < 1.29 is 9.66 Å². The molecule has 6 nitrogen and oxygen atoms in total. The van der Waals surface area contributed by atoms with Crippen molar-refractivity contribution in [3.8, 4) is 5.88 Å². The van der Waals surface area contributed by atoms with Crippen LogP contribution in [0.5, 0.6) is 5.88 Å². The molecule has 0 fully saturated rings. The highest BCUT2D eigenvalue weighted by Gasteiger charge is 2.24. The summed E-state index contributed by atoms with van der Waals surface area (Å²) in [5.74, 6) is -0.0909. The van der Waals surface area contributed by atoms with Gasteiger partial charge in [-0.3, -0.25) is 10.1 Å². The maximum Gasteiger partial charge on any atom is 0.367 e. The lowest BCUT2D eigenvalue weighted by Crippen LogP contribution is -2.03. The smallest absolute Gasteiger partial charge is 0.367 e. The largest absolute Gasteiger partial charge is 0.473 e. The third-order valence-corrected chi connectivity index (χ3v) is 2.25. The van der Waals surface area contributed by atoms with Crippen LogP contribution in [-0.2, 0) is 0 Å². The van der Waals surface area contributed by atoms with Crippen LogP contribution in [0.15, 0.2) is 5.16 Å². The first-order valence-electron chi connectivity index (χ1n) is 3.98. The average Bonchev–Trinajstić information content (AvgIpc) is 2.16. The standard InChI is InChI=1S/C7H8ClN3O3S/c1-3-14-6-4(11(12)13)5(8)9-7(10-6)15-2/h3H2,1-2H3. The maximum absolute atomic E-state index is 10.7. The summed E-state index contributed by atoms with van der Waals surface area (Å²) >= 11 is 6.89. The predicted octanol–water partition coefficient (Wildman–Crippen LogP) is 2.16. The molecule has 0 aliphatic carbocycles. The number of ether oxygens (including phenoxy) is 1. The van der Waals surface area contributed by atoms with Crippen LogP contribution < -0.4 is 4.74 Å². The zero-order valence-corrected chi connectivity index (χ0v) is 9.63. The van der Waals surface area contributed by atoms with E-state index in [1.807, 2.05) is 0 Å². The van der Waals surface area contributed by atoms with Gasteiger partial charge in [-0.1, -0.05) is 23.4 Å². The highest BCUT2D eigenvalue weighted by Crippen LogP contribution is 2.32. The van der Waals surface area contributed by atoms with Crippen LogP contribution in [0.4, 0.5) is 5.69 Å². The van der Waals surface area contributed by atoms with Gasteiger partial charge in [-0.2, -0.15) is 4.98 Å². The topological polar surface area (TPSA) is 78.2 Å². The van der Waals surface area contributed by atoms with Crippen LogP contribution >= 0.6 is 23.4 Å². The zero-order chi connectivity index (χ0) is 11.4. The Morgan fingerprint density at radius 3 is 2.73 bits per heavy atom. The Hall–Kier alpha value is -1.08. The fourth-order valence-corrected chi connectivity index (χ4v) is 1.51. The van der Waals surface area contributed by atoms with Gasteiger partial charge in [-0.15, -0.1) is 0 Å². The molecule has 0 N–H and O–H groups in total. The van der Waals surface area contributed by atoms with Gasteiger partial charge in [-0.05, 0) is 13.2 Å². The average molecular weight is 250 g/mol. The molecule has 0 aliphatic heterocycles. The third kappa shape index (κ3) is 2.69. The van der Waals surface area contributed by atoms with Crippen LogP contribution in [0.2, 0.25) is 5.15 Å². The quantitative estimate of drug-likeness (QED) is 0.268. The Labute approximate surface area is 95.2 Å². The normalized spacial score (nSPS) is 10.1. The van der Waals surface area contributed by atoms with Crippen LogP contribution in [-0.4, -0.2) is 27.8 Å². The number of halogens is 1. The molecule has 82 valence electrons. The molecule has 8 heteroatoms. The summed E-state index contributed by atoms with van der Waals surface area (Å²) in [5, 5.41) is 10.8. The minimum atomic E-state index is -0.655. The monoisotopic (exact) mass is 249 g/mol. The maximum atomic E-state index is 10.7. The minimum Gasteiger partial charge on any atom is -0.473 e. The molecule has 1 heterocycles. The molecule has 0 atom stereocenters. The molecule has 0 radical (unpaired) electrons. The van der Waals surface area contributed by atoms with Gasteiger partial charge >= 0.3 is 5.69 Å². The van der Waals surface area contributed by atoms with E-state index in [9.17, 15) is 10.1 Å². The van der Waals surface area contributed by atoms with Gasteiger partial charge in [0.25, 0.3) is 5.88 Å². The fourth-order valence-electron chi connectivity index (χ4n) is 0.872. The van der Waals surface area contributed by atoms with Crippen molar-refractivity contribution in [1.29, 1.82) is 0 Å². The first-order chi connectivity index (χ1) is 7.10. The second-order valence-electron chi connectivity index (χ2n) is 2.34. The zero-order valence-electron chi connectivity index (χ0n) is 8.06. The molecule has 0 spiro atoms. The first-order valence-corrected chi connectivity index (χ1v) is 5.59. The number of nitro groups is 1. The van der Waals surface area contributed by atoms with E-state index in [-0.39, 0.29) is 17.6 Å². The number of hydrogen-bond acceptors (Lipinski definition) is 6. The lowest BCUT2D eigenvalue weighted by atomic mass is 10.5. The van der Waals surface area contributed by atoms with Crippen LogP contribution in [0.3, 0.4) is 0 Å². The van der Waals surface area contributed by atoms with Gasteiger partial charge in [0.15, 0.2) is 5.16 Å². The second-order valence-corrected chi connectivity index (χ2v) is 3.48. The molecule has 0 saturated carbocycles. The van der Waals surface area contributed by atoms with E-state index >= 15 is 0 Å². The van der Waals surface area contributed by atoms with E-state index in [4.69, 9.17) is 16.3 Å². The predicted molar refractivity (Wildman–Crippen MR) is 56.6 cm³/mol. The van der Waals surface area contributed by atoms with Gasteiger partial charge in [0.05, 0.1) is 11.5 Å². The van der Waals surface area contributed by atoms with Crippen LogP contribution in [0.25, 0.3) is 0 Å². The van der Waals surface area contributed by atoms with E-state index in [1.54, 1.807) is 13.2 Å². The Morgan fingerprint density at radius 2 is 2.27 bits per heavy atom. The fraction of sp³-hybridized carbons (Fsp3) is 0.429. The summed E-state index contributed by atoms with van der Waals surface area (Å²) in [4.78, 5) is 17.6. The lowest BCUT2D eigenvalue weighted by Gasteiger charge is -2.04. The Balaban J connectivity index is 3.28. The Bertz CT molecular complexity index is 388. The lowest BCUT2D eigenvalue weighted by molar-refractivity contribution is -0.386. The molecule has 0 amide bonds. The molecule has 1 rings (SSSR count). The summed E-state index contributed by atoms with van der Waals surface area (Å²) in [6, 6.07) is 0. The summed E-state index contributed by atoms with van der Waals surface area (Å²) in [7, 11) is 0. The van der Waals surface area contributed by atoms with Gasteiger partial charge in [0.1, 0.15) is 0 Å². The summed E-state index contributed by atoms with van der Waals surface area (Å²) in [6.45, 7) is 1.99. The summed E-state index contributed by atoms with van der Waals surface area (Å²) < 4.78 is 5.03. The van der Waals surface area contributed by atoms with Crippen molar-refractivity contribution in [2.75, 3.05) is 12.9 Å². The van der Waals surface area contributed by atoms with Gasteiger partial charge < -0.3 is 4.74 Å². The highest BCUT2D eigenvalue weighted by molar-refractivity contribution is 7.98. The van der Waals surface area contributed by atoms with Crippen molar-refractivity contribution in [2.45, 2.75) is 12.1 Å². The molecular formula is C7H8ClN3O3S. The van der Waals surface area contributed by atoms with Crippen molar-refractivity contribution in [1.82, 2.24) is 9.97 Å². The van der Waals surface area contributed by atoms with Crippen molar-refractivity contribution >= 4 is 29.1 Å². The first kappa shape index (κ1) is 12.0. The third-order valence-electron chi connectivity index (χ3n) is 1.44. The van der Waals surface area contributed by atoms with Gasteiger partial charge in [0, 0.05) is 0 Å². The Kier molecular flexibility index (Phi) is 4.10. The second kappa shape index (κ2) is 5.13. The van der Waals surface area contributed by atoms with Gasteiger partial charge in [0.2, 0.25) is 5.15 Å². The highest BCUT2D eigenvalue weighted by atomic mass is 35.5. The molecule has 0 aliphatic rings. The molecule has 1 aromatic heterocycles. The SMILES string of the molecule is CCOc1nc(SC)nc(Cl)c1[N+](=O)[O-]. The number of thioether (sulfide) groups is 1. The summed E-state index contributed by atoms with van der Waals surface area (Å²) in [5.41, 5.74) is -0.392. The minimum absolute atomic E-state index is 0.0909.